The van der Waals surface area contributed by atoms with E-state index in [1.807, 2.05) is 0 Å². The van der Waals surface area contributed by atoms with Gasteiger partial charge < -0.3 is 33.8 Å². The molecule has 0 bridgehead atoms. The number of aliphatic hydroxyl groups excluding tert-OH is 1. The maximum absolute atomic E-state index is 13.0. The van der Waals surface area contributed by atoms with Crippen LogP contribution in [0.25, 0.3) is 0 Å². The summed E-state index contributed by atoms with van der Waals surface area (Å²) in [6, 6.07) is 0. The summed E-state index contributed by atoms with van der Waals surface area (Å²) >= 11 is 0. The molecule has 0 radical (unpaired) electrons. The molecular formula is C73H138O17P2. The minimum absolute atomic E-state index is 0.101. The van der Waals surface area contributed by atoms with Gasteiger partial charge in [-0.15, -0.1) is 0 Å². The van der Waals surface area contributed by atoms with E-state index in [0.717, 1.165) is 121 Å². The van der Waals surface area contributed by atoms with Crippen LogP contribution in [0.2, 0.25) is 0 Å². The van der Waals surface area contributed by atoms with Gasteiger partial charge in [-0.1, -0.05) is 303 Å². The zero-order chi connectivity index (χ0) is 67.7. The molecule has 0 amide bonds. The lowest BCUT2D eigenvalue weighted by molar-refractivity contribution is -0.161. The Balaban J connectivity index is 5.15. The highest BCUT2D eigenvalue weighted by Crippen LogP contribution is 2.45. The molecule has 0 aliphatic carbocycles. The lowest BCUT2D eigenvalue weighted by atomic mass is 10.0. The van der Waals surface area contributed by atoms with Crippen LogP contribution >= 0.6 is 15.6 Å². The summed E-state index contributed by atoms with van der Waals surface area (Å²) in [5, 5.41) is 10.6. The van der Waals surface area contributed by atoms with Crippen LogP contribution in [0.4, 0.5) is 0 Å². The van der Waals surface area contributed by atoms with Gasteiger partial charge in [-0.3, -0.25) is 37.3 Å². The van der Waals surface area contributed by atoms with Gasteiger partial charge in [-0.2, -0.15) is 0 Å². The Hall–Kier alpha value is -2.46. The number of hydrogen-bond donors (Lipinski definition) is 3. The Morgan fingerprint density at radius 3 is 0.891 bits per heavy atom. The second-order valence-corrected chi connectivity index (χ2v) is 29.0. The number of rotatable bonds is 71. The van der Waals surface area contributed by atoms with Crippen LogP contribution < -0.4 is 0 Å². The number of ether oxygens (including phenoxy) is 4. The molecule has 0 rings (SSSR count). The van der Waals surface area contributed by atoms with Crippen LogP contribution in [0, 0.1) is 5.92 Å². The van der Waals surface area contributed by atoms with E-state index < -0.39 is 97.5 Å². The van der Waals surface area contributed by atoms with Gasteiger partial charge in [0, 0.05) is 25.7 Å². The Labute approximate surface area is 561 Å². The van der Waals surface area contributed by atoms with E-state index in [4.69, 9.17) is 37.0 Å². The number of carbonyl (C=O) groups excluding carboxylic acids is 4. The van der Waals surface area contributed by atoms with Gasteiger partial charge in [0.15, 0.2) is 12.2 Å². The number of unbranched alkanes of at least 4 members (excludes halogenated alkanes) is 40. The number of phosphoric ester groups is 2. The van der Waals surface area contributed by atoms with E-state index in [1.165, 1.54) is 154 Å². The molecule has 3 N–H and O–H groups in total. The largest absolute Gasteiger partial charge is 0.472 e. The van der Waals surface area contributed by atoms with Crippen LogP contribution in [-0.2, 0) is 65.4 Å². The quantitative estimate of drug-likeness (QED) is 0.0169. The van der Waals surface area contributed by atoms with Crippen LogP contribution in [0.15, 0.2) is 24.3 Å². The molecule has 92 heavy (non-hydrogen) atoms. The number of aliphatic hydroxyl groups is 1. The summed E-state index contributed by atoms with van der Waals surface area (Å²) in [5.74, 6) is -1.34. The predicted molar refractivity (Wildman–Crippen MR) is 372 cm³/mol. The molecule has 0 heterocycles. The SMILES string of the molecule is CCCCCC/C=C\C=C/CCCCCCCC(=O)OC[C@H](COP(=O)(O)OC[C@@H](O)COP(=O)(O)OC[C@@H](COC(=O)CCCCCCC)OC(=O)CCCCCCCCCCCCC)OC(=O)CCCCCCCCCCCCCCCCCCCCC(C)C. The van der Waals surface area contributed by atoms with Crippen molar-refractivity contribution in [3.63, 3.8) is 0 Å². The molecule has 0 aliphatic heterocycles. The van der Waals surface area contributed by atoms with Gasteiger partial charge in [-0.25, -0.2) is 9.13 Å². The minimum Gasteiger partial charge on any atom is -0.462 e. The Kier molecular flexibility index (Phi) is 64.0. The summed E-state index contributed by atoms with van der Waals surface area (Å²) in [6.07, 6.45) is 56.8. The number of allylic oxidation sites excluding steroid dienone is 4. The summed E-state index contributed by atoms with van der Waals surface area (Å²) < 4.78 is 68.1. The second kappa shape index (κ2) is 65.8. The average Bonchev–Trinajstić information content (AvgIpc) is 3.73. The zero-order valence-electron chi connectivity index (χ0n) is 59.2. The van der Waals surface area contributed by atoms with Gasteiger partial charge in [-0.05, 0) is 57.3 Å². The van der Waals surface area contributed by atoms with Crippen LogP contribution in [0.1, 0.15) is 356 Å². The normalized spacial score (nSPS) is 14.2. The monoisotopic (exact) mass is 1350 g/mol. The van der Waals surface area contributed by atoms with Gasteiger partial charge in [0.1, 0.15) is 19.3 Å². The maximum atomic E-state index is 13.0. The molecule has 0 aromatic heterocycles. The third-order valence-corrected chi connectivity index (χ3v) is 18.3. The fraction of sp³-hybridized carbons (Fsp3) is 0.890. The summed E-state index contributed by atoms with van der Waals surface area (Å²) in [4.78, 5) is 72.3. The first kappa shape index (κ1) is 89.5. The summed E-state index contributed by atoms with van der Waals surface area (Å²) in [5.41, 5.74) is 0. The highest BCUT2D eigenvalue weighted by Gasteiger charge is 2.30. The maximum Gasteiger partial charge on any atom is 0.472 e. The first-order chi connectivity index (χ1) is 44.5. The Morgan fingerprint density at radius 2 is 0.587 bits per heavy atom. The smallest absolute Gasteiger partial charge is 0.462 e. The zero-order valence-corrected chi connectivity index (χ0v) is 61.0. The topological polar surface area (TPSA) is 237 Å². The first-order valence-corrected chi connectivity index (χ1v) is 40.4. The highest BCUT2D eigenvalue weighted by atomic mass is 31.2. The van der Waals surface area contributed by atoms with Crippen molar-refractivity contribution in [2.24, 2.45) is 5.92 Å². The molecule has 0 aliphatic rings. The lowest BCUT2D eigenvalue weighted by Crippen LogP contribution is -2.30. The Morgan fingerprint density at radius 1 is 0.337 bits per heavy atom. The van der Waals surface area contributed by atoms with Crippen molar-refractivity contribution >= 4 is 39.5 Å². The number of phosphoric acid groups is 2. The van der Waals surface area contributed by atoms with E-state index >= 15 is 0 Å². The molecule has 0 spiro atoms. The molecule has 0 saturated carbocycles. The number of carbonyl (C=O) groups is 4. The molecule has 0 saturated heterocycles. The number of hydrogen-bond acceptors (Lipinski definition) is 15. The Bertz CT molecular complexity index is 1860. The lowest BCUT2D eigenvalue weighted by Gasteiger charge is -2.21. The standard InChI is InChI=1S/C73H138O17P2/c1-6-9-12-15-17-19-21-22-27-31-35-38-42-47-52-57-71(76)84-63-69(90-73(78)59-54-49-44-40-36-32-29-26-24-23-25-28-30-34-37-41-46-50-55-66(4)5)65-88-92(81,82)86-61-67(74)60-85-91(79,80)87-64-68(62-83-70(75)56-51-45-14-11-8-3)89-72(77)58-53-48-43-39-33-20-18-16-13-10-7-2/h19,21-22,27,66-69,74H,6-18,20,23-26,28-65H2,1-5H3,(H,79,80)(H,81,82)/b21-19-,27-22-/t67-,68+,69+/m0/s1. The van der Waals surface area contributed by atoms with Crippen molar-refractivity contribution in [3.8, 4) is 0 Å². The molecular weight excluding hydrogens is 1210 g/mol. The molecule has 5 atom stereocenters. The van der Waals surface area contributed by atoms with Crippen LogP contribution in [0.5, 0.6) is 0 Å². The van der Waals surface area contributed by atoms with E-state index in [9.17, 15) is 43.2 Å². The van der Waals surface area contributed by atoms with Crippen LogP contribution in [0.3, 0.4) is 0 Å². The van der Waals surface area contributed by atoms with Crippen molar-refractivity contribution in [3.05, 3.63) is 24.3 Å². The molecule has 0 fully saturated rings. The van der Waals surface area contributed by atoms with E-state index in [2.05, 4.69) is 58.9 Å². The fourth-order valence-electron chi connectivity index (χ4n) is 10.6. The average molecular weight is 1350 g/mol. The molecule has 0 aromatic carbocycles. The van der Waals surface area contributed by atoms with E-state index in [-0.39, 0.29) is 25.7 Å². The predicted octanol–water partition coefficient (Wildman–Crippen LogP) is 20.9. The van der Waals surface area contributed by atoms with Crippen molar-refractivity contribution in [2.75, 3.05) is 39.6 Å². The van der Waals surface area contributed by atoms with Crippen molar-refractivity contribution < 1.29 is 80.2 Å². The van der Waals surface area contributed by atoms with Gasteiger partial charge in [0.2, 0.25) is 0 Å². The summed E-state index contributed by atoms with van der Waals surface area (Å²) in [6.45, 7) is 7.14. The third kappa shape index (κ3) is 66.2. The van der Waals surface area contributed by atoms with Gasteiger partial charge in [0.05, 0.1) is 26.4 Å². The second-order valence-electron chi connectivity index (χ2n) is 26.1. The van der Waals surface area contributed by atoms with Gasteiger partial charge in [0.25, 0.3) is 0 Å². The molecule has 2 unspecified atom stereocenters. The number of esters is 4. The highest BCUT2D eigenvalue weighted by molar-refractivity contribution is 7.47. The molecule has 19 heteroatoms. The molecule has 17 nitrogen and oxygen atoms in total. The van der Waals surface area contributed by atoms with Crippen molar-refractivity contribution in [1.82, 2.24) is 0 Å². The van der Waals surface area contributed by atoms with Crippen LogP contribution in [-0.4, -0.2) is 96.7 Å². The summed E-state index contributed by atoms with van der Waals surface area (Å²) in [7, 11) is -9.90. The molecule has 542 valence electrons. The molecule has 0 aromatic rings. The van der Waals surface area contributed by atoms with E-state index in [1.54, 1.807) is 0 Å². The van der Waals surface area contributed by atoms with E-state index in [0.29, 0.717) is 25.7 Å². The first-order valence-electron chi connectivity index (χ1n) is 37.5. The van der Waals surface area contributed by atoms with Gasteiger partial charge >= 0.3 is 39.5 Å². The fourth-order valence-corrected chi connectivity index (χ4v) is 12.2. The van der Waals surface area contributed by atoms with Crippen molar-refractivity contribution in [1.29, 1.82) is 0 Å². The van der Waals surface area contributed by atoms with Crippen molar-refractivity contribution in [2.45, 2.75) is 374 Å². The third-order valence-electron chi connectivity index (χ3n) is 16.4. The minimum atomic E-state index is -4.96.